The van der Waals surface area contributed by atoms with Gasteiger partial charge in [0.25, 0.3) is 0 Å². The van der Waals surface area contributed by atoms with E-state index in [4.69, 9.17) is 0 Å². The molecule has 0 spiro atoms. The molecule has 14 heavy (non-hydrogen) atoms. The topological polar surface area (TPSA) is 25.8 Å². The SMILES string of the molecule is BrC=CCc1ccc2cccnc2n1. The van der Waals surface area contributed by atoms with E-state index in [1.807, 2.05) is 35.3 Å². The van der Waals surface area contributed by atoms with Crippen molar-refractivity contribution in [1.29, 1.82) is 0 Å². The van der Waals surface area contributed by atoms with Gasteiger partial charge in [0.1, 0.15) is 0 Å². The zero-order chi connectivity index (χ0) is 9.80. The van der Waals surface area contributed by atoms with Crippen molar-refractivity contribution in [3.63, 3.8) is 0 Å². The van der Waals surface area contributed by atoms with E-state index in [-0.39, 0.29) is 0 Å². The lowest BCUT2D eigenvalue weighted by Gasteiger charge is -1.98. The van der Waals surface area contributed by atoms with Crippen LogP contribution in [0.5, 0.6) is 0 Å². The summed E-state index contributed by atoms with van der Waals surface area (Å²) in [7, 11) is 0. The van der Waals surface area contributed by atoms with Gasteiger partial charge < -0.3 is 0 Å². The summed E-state index contributed by atoms with van der Waals surface area (Å²) in [5, 5.41) is 1.08. The van der Waals surface area contributed by atoms with Crippen LogP contribution in [0.4, 0.5) is 0 Å². The third kappa shape index (κ3) is 1.99. The van der Waals surface area contributed by atoms with Gasteiger partial charge >= 0.3 is 0 Å². The molecule has 0 bridgehead atoms. The summed E-state index contributed by atoms with van der Waals surface area (Å²) in [5.74, 6) is 0. The molecule has 0 unspecified atom stereocenters. The average molecular weight is 249 g/mol. The van der Waals surface area contributed by atoms with Gasteiger partial charge in [0.2, 0.25) is 0 Å². The van der Waals surface area contributed by atoms with Gasteiger partial charge in [-0.15, -0.1) is 0 Å². The molecule has 0 radical (unpaired) electrons. The number of allylic oxidation sites excluding steroid dienone is 1. The first-order chi connectivity index (χ1) is 6.90. The van der Waals surface area contributed by atoms with Crippen molar-refractivity contribution in [2.75, 3.05) is 0 Å². The highest BCUT2D eigenvalue weighted by atomic mass is 79.9. The Balaban J connectivity index is 2.41. The van der Waals surface area contributed by atoms with Crippen molar-refractivity contribution in [3.05, 3.63) is 47.2 Å². The first kappa shape index (κ1) is 9.34. The van der Waals surface area contributed by atoms with Crippen molar-refractivity contribution in [1.82, 2.24) is 9.97 Å². The molecule has 0 aliphatic heterocycles. The van der Waals surface area contributed by atoms with E-state index in [2.05, 4.69) is 25.9 Å². The fourth-order valence-electron chi connectivity index (χ4n) is 1.27. The maximum absolute atomic E-state index is 4.43. The lowest BCUT2D eigenvalue weighted by Crippen LogP contribution is -1.89. The van der Waals surface area contributed by atoms with Crippen molar-refractivity contribution in [2.45, 2.75) is 6.42 Å². The van der Waals surface area contributed by atoms with E-state index in [1.54, 1.807) is 6.20 Å². The number of nitrogens with zero attached hydrogens (tertiary/aromatic N) is 2. The molecule has 0 N–H and O–H groups in total. The predicted octanol–water partition coefficient (Wildman–Crippen LogP) is 3.08. The second-order valence-corrected chi connectivity index (χ2v) is 3.45. The van der Waals surface area contributed by atoms with Crippen LogP contribution in [0.15, 0.2) is 41.5 Å². The molecule has 2 nitrogen and oxygen atoms in total. The van der Waals surface area contributed by atoms with Crippen LogP contribution in [-0.4, -0.2) is 9.97 Å². The van der Waals surface area contributed by atoms with Crippen molar-refractivity contribution in [2.24, 2.45) is 0 Å². The maximum atomic E-state index is 4.43. The van der Waals surface area contributed by atoms with Crippen LogP contribution in [0.3, 0.4) is 0 Å². The normalized spacial score (nSPS) is 11.2. The highest BCUT2D eigenvalue weighted by Gasteiger charge is 1.96. The minimum absolute atomic E-state index is 0.813. The van der Waals surface area contributed by atoms with Gasteiger partial charge in [-0.25, -0.2) is 9.97 Å². The molecule has 2 rings (SSSR count). The van der Waals surface area contributed by atoms with Gasteiger partial charge in [-0.2, -0.15) is 0 Å². The highest BCUT2D eigenvalue weighted by Crippen LogP contribution is 2.09. The first-order valence-electron chi connectivity index (χ1n) is 4.36. The van der Waals surface area contributed by atoms with Crippen molar-refractivity contribution >= 4 is 27.0 Å². The summed E-state index contributed by atoms with van der Waals surface area (Å²) in [6.07, 6.45) is 4.61. The Morgan fingerprint density at radius 2 is 2.21 bits per heavy atom. The molecule has 0 amide bonds. The van der Waals surface area contributed by atoms with Gasteiger partial charge in [0.15, 0.2) is 5.65 Å². The molecule has 0 aromatic carbocycles. The lowest BCUT2D eigenvalue weighted by atomic mass is 10.2. The Hall–Kier alpha value is -1.22. The van der Waals surface area contributed by atoms with Gasteiger partial charge in [-0.05, 0) is 29.3 Å². The van der Waals surface area contributed by atoms with Crippen LogP contribution in [0.25, 0.3) is 11.0 Å². The second kappa shape index (κ2) is 4.33. The molecule has 0 saturated carbocycles. The number of rotatable bonds is 2. The van der Waals surface area contributed by atoms with E-state index in [0.717, 1.165) is 23.1 Å². The summed E-state index contributed by atoms with van der Waals surface area (Å²) in [4.78, 5) is 10.5. The molecular weight excluding hydrogens is 240 g/mol. The van der Waals surface area contributed by atoms with E-state index in [1.165, 1.54) is 0 Å². The van der Waals surface area contributed by atoms with Crippen molar-refractivity contribution in [3.8, 4) is 0 Å². The Morgan fingerprint density at radius 3 is 3.07 bits per heavy atom. The Kier molecular flexibility index (Phi) is 2.89. The number of fused-ring (bicyclic) bond motifs is 1. The van der Waals surface area contributed by atoms with E-state index < -0.39 is 0 Å². The molecule has 2 aromatic heterocycles. The monoisotopic (exact) mass is 248 g/mol. The fourth-order valence-corrected chi connectivity index (χ4v) is 1.46. The second-order valence-electron chi connectivity index (χ2n) is 2.92. The van der Waals surface area contributed by atoms with Crippen LogP contribution in [0.2, 0.25) is 0 Å². The molecule has 0 fully saturated rings. The predicted molar refractivity (Wildman–Crippen MR) is 61.3 cm³/mol. The molecule has 3 heteroatoms. The summed E-state index contributed by atoms with van der Waals surface area (Å²) in [6.45, 7) is 0. The van der Waals surface area contributed by atoms with E-state index >= 15 is 0 Å². The van der Waals surface area contributed by atoms with Crippen molar-refractivity contribution < 1.29 is 0 Å². The minimum Gasteiger partial charge on any atom is -0.237 e. The Bertz CT molecular complexity index is 466. The number of pyridine rings is 2. The van der Waals surface area contributed by atoms with Gasteiger partial charge in [-0.1, -0.05) is 22.0 Å². The van der Waals surface area contributed by atoms with Gasteiger partial charge in [0.05, 0.1) is 0 Å². The molecule has 2 aromatic rings. The average Bonchev–Trinajstić information content (AvgIpc) is 2.26. The molecule has 0 aliphatic carbocycles. The van der Waals surface area contributed by atoms with Crippen LogP contribution in [0.1, 0.15) is 5.69 Å². The van der Waals surface area contributed by atoms with Crippen LogP contribution in [-0.2, 0) is 6.42 Å². The molecule has 0 atom stereocenters. The highest BCUT2D eigenvalue weighted by molar-refractivity contribution is 9.11. The number of hydrogen-bond acceptors (Lipinski definition) is 2. The number of halogens is 1. The summed E-state index contributed by atoms with van der Waals surface area (Å²) >= 11 is 3.23. The zero-order valence-corrected chi connectivity index (χ0v) is 9.11. The fraction of sp³-hybridized carbons (Fsp3) is 0.0909. The largest absolute Gasteiger partial charge is 0.237 e. The van der Waals surface area contributed by atoms with Gasteiger partial charge in [-0.3, -0.25) is 0 Å². The lowest BCUT2D eigenvalue weighted by molar-refractivity contribution is 1.12. The Labute approximate surface area is 90.8 Å². The van der Waals surface area contributed by atoms with E-state index in [9.17, 15) is 0 Å². The molecule has 0 aliphatic rings. The maximum Gasteiger partial charge on any atom is 0.159 e. The summed E-state index contributed by atoms with van der Waals surface area (Å²) in [5.41, 5.74) is 1.85. The third-order valence-corrected chi connectivity index (χ3v) is 2.31. The standard InChI is InChI=1S/C11H9BrN2/c12-7-1-4-10-6-5-9-3-2-8-13-11(9)14-10/h1-3,5-8H,4H2. The quantitative estimate of drug-likeness (QED) is 0.817. The minimum atomic E-state index is 0.813. The van der Waals surface area contributed by atoms with Crippen LogP contribution in [0, 0.1) is 0 Å². The Morgan fingerprint density at radius 1 is 1.29 bits per heavy atom. The molecule has 0 saturated heterocycles. The van der Waals surface area contributed by atoms with Crippen LogP contribution < -0.4 is 0 Å². The van der Waals surface area contributed by atoms with Gasteiger partial charge in [0, 0.05) is 23.7 Å². The number of hydrogen-bond donors (Lipinski definition) is 0. The zero-order valence-electron chi connectivity index (χ0n) is 7.52. The molecule has 2 heterocycles. The smallest absolute Gasteiger partial charge is 0.159 e. The van der Waals surface area contributed by atoms with E-state index in [0.29, 0.717) is 0 Å². The summed E-state index contributed by atoms with van der Waals surface area (Å²) < 4.78 is 0. The number of aromatic nitrogens is 2. The van der Waals surface area contributed by atoms with Crippen LogP contribution >= 0.6 is 15.9 Å². The molecule has 70 valence electrons. The summed E-state index contributed by atoms with van der Waals surface area (Å²) in [6, 6.07) is 8.01. The first-order valence-corrected chi connectivity index (χ1v) is 5.27. The third-order valence-electron chi connectivity index (χ3n) is 1.94. The molecular formula is C11H9BrN2.